The molecule has 1 unspecified atom stereocenters. The quantitative estimate of drug-likeness (QED) is 0.235. The first-order valence-electron chi connectivity index (χ1n) is 12.5. The van der Waals surface area contributed by atoms with Crippen LogP contribution in [0.2, 0.25) is 0 Å². The van der Waals surface area contributed by atoms with Crippen molar-refractivity contribution in [3.8, 4) is 11.4 Å². The van der Waals surface area contributed by atoms with Gasteiger partial charge in [0.25, 0.3) is 5.56 Å². The number of hydrogen-bond donors (Lipinski definition) is 3. The molecule has 0 saturated carbocycles. The van der Waals surface area contributed by atoms with Crippen molar-refractivity contribution in [1.29, 1.82) is 5.41 Å². The summed E-state index contributed by atoms with van der Waals surface area (Å²) >= 11 is 0. The average molecular weight is 542 g/mol. The van der Waals surface area contributed by atoms with Crippen molar-refractivity contribution in [2.75, 3.05) is 17.7 Å². The SMILES string of the molecule is CCOc1ccc(C(=N)c2c(N)ncnc2NC(C)c2nc3ccccc3c(=O)n2-c2ccccc2)c(F)c1F. The van der Waals surface area contributed by atoms with E-state index in [4.69, 9.17) is 20.9 Å². The second-order valence-corrected chi connectivity index (χ2v) is 8.86. The number of rotatable bonds is 8. The van der Waals surface area contributed by atoms with E-state index in [0.29, 0.717) is 22.4 Å². The van der Waals surface area contributed by atoms with Crippen LogP contribution in [0.25, 0.3) is 16.6 Å². The van der Waals surface area contributed by atoms with Gasteiger partial charge >= 0.3 is 0 Å². The minimum atomic E-state index is -1.26. The van der Waals surface area contributed by atoms with Gasteiger partial charge < -0.3 is 15.8 Å². The first-order valence-corrected chi connectivity index (χ1v) is 12.5. The van der Waals surface area contributed by atoms with Gasteiger partial charge in [0.1, 0.15) is 23.8 Å². The lowest BCUT2D eigenvalue weighted by Crippen LogP contribution is -2.28. The number of para-hydroxylation sites is 2. The Morgan fingerprint density at radius 2 is 1.77 bits per heavy atom. The number of hydrogen-bond acceptors (Lipinski definition) is 8. The number of nitrogens with two attached hydrogens (primary N) is 1. The monoisotopic (exact) mass is 541 g/mol. The third kappa shape index (κ3) is 4.73. The molecule has 2 heterocycles. The van der Waals surface area contributed by atoms with Crippen molar-refractivity contribution in [2.24, 2.45) is 0 Å². The van der Waals surface area contributed by atoms with Gasteiger partial charge in [-0.15, -0.1) is 0 Å². The van der Waals surface area contributed by atoms with E-state index in [2.05, 4.69) is 15.3 Å². The number of fused-ring (bicyclic) bond motifs is 1. The van der Waals surface area contributed by atoms with E-state index in [-0.39, 0.29) is 40.7 Å². The Morgan fingerprint density at radius 3 is 2.52 bits per heavy atom. The molecule has 0 aliphatic heterocycles. The summed E-state index contributed by atoms with van der Waals surface area (Å²) in [4.78, 5) is 26.6. The van der Waals surface area contributed by atoms with Crippen molar-refractivity contribution in [2.45, 2.75) is 19.9 Å². The van der Waals surface area contributed by atoms with Gasteiger partial charge in [0.2, 0.25) is 5.82 Å². The predicted octanol–water partition coefficient (Wildman–Crippen LogP) is 5.02. The maximum absolute atomic E-state index is 15.0. The van der Waals surface area contributed by atoms with E-state index in [0.717, 1.165) is 0 Å². The Balaban J connectivity index is 1.60. The van der Waals surface area contributed by atoms with E-state index in [1.54, 1.807) is 50.2 Å². The van der Waals surface area contributed by atoms with Gasteiger partial charge in [0.15, 0.2) is 11.6 Å². The lowest BCUT2D eigenvalue weighted by atomic mass is 10.0. The summed E-state index contributed by atoms with van der Waals surface area (Å²) in [6.45, 7) is 3.56. The standard InChI is InChI=1S/C29H25F2N7O2/c1-3-40-21-14-13-19(23(30)24(21)31)25(32)22-26(33)34-15-35-27(22)36-16(2)28-37-20-12-8-7-11-18(20)29(39)38(28)17-9-5-4-6-10-17/h4-16,32H,3H2,1-2H3,(H3,33,34,35,36). The molecule has 0 radical (unpaired) electrons. The molecular formula is C29H25F2N7O2. The lowest BCUT2D eigenvalue weighted by Gasteiger charge is -2.22. The Morgan fingerprint density at radius 1 is 1.05 bits per heavy atom. The molecule has 0 spiro atoms. The molecule has 202 valence electrons. The van der Waals surface area contributed by atoms with Crippen LogP contribution in [0.1, 0.15) is 36.8 Å². The van der Waals surface area contributed by atoms with Gasteiger partial charge in [0.05, 0.1) is 40.5 Å². The number of halogens is 2. The van der Waals surface area contributed by atoms with Crippen LogP contribution >= 0.6 is 0 Å². The van der Waals surface area contributed by atoms with Crippen LogP contribution in [0, 0.1) is 17.0 Å². The number of anilines is 2. The van der Waals surface area contributed by atoms with Crippen LogP contribution in [0.15, 0.2) is 77.9 Å². The molecule has 2 aromatic heterocycles. The summed E-state index contributed by atoms with van der Waals surface area (Å²) in [7, 11) is 0. The number of benzene rings is 3. The normalized spacial score (nSPS) is 11.8. The topological polar surface area (TPSA) is 132 Å². The third-order valence-electron chi connectivity index (χ3n) is 6.30. The minimum absolute atomic E-state index is 0.0359. The molecule has 0 bridgehead atoms. The molecule has 5 aromatic rings. The Labute approximate surface area is 227 Å². The van der Waals surface area contributed by atoms with E-state index >= 15 is 0 Å². The zero-order valence-electron chi connectivity index (χ0n) is 21.7. The summed E-state index contributed by atoms with van der Waals surface area (Å²) in [6.07, 6.45) is 1.19. The van der Waals surface area contributed by atoms with Gasteiger partial charge in [-0.25, -0.2) is 19.3 Å². The highest BCUT2D eigenvalue weighted by atomic mass is 19.2. The molecule has 0 amide bonds. The average Bonchev–Trinajstić information content (AvgIpc) is 2.96. The Hall–Kier alpha value is -5.19. The van der Waals surface area contributed by atoms with E-state index < -0.39 is 23.4 Å². The van der Waals surface area contributed by atoms with E-state index in [1.807, 2.05) is 18.2 Å². The molecular weight excluding hydrogens is 516 g/mol. The highest BCUT2D eigenvalue weighted by Gasteiger charge is 2.25. The van der Waals surface area contributed by atoms with Gasteiger partial charge in [-0.2, -0.15) is 4.39 Å². The Bertz CT molecular complexity index is 1790. The number of ether oxygens (including phenoxy) is 1. The van der Waals surface area contributed by atoms with Gasteiger partial charge in [-0.1, -0.05) is 30.3 Å². The van der Waals surface area contributed by atoms with Crippen LogP contribution in [-0.4, -0.2) is 31.8 Å². The van der Waals surface area contributed by atoms with Gasteiger partial charge in [-0.05, 0) is 50.2 Å². The molecule has 0 aliphatic carbocycles. The maximum Gasteiger partial charge on any atom is 0.266 e. The fraction of sp³-hybridized carbons (Fsp3) is 0.138. The second kappa shape index (κ2) is 10.9. The summed E-state index contributed by atoms with van der Waals surface area (Å²) in [6, 6.07) is 17.9. The van der Waals surface area contributed by atoms with Gasteiger partial charge in [-0.3, -0.25) is 14.8 Å². The van der Waals surface area contributed by atoms with Crippen molar-refractivity contribution in [3.05, 3.63) is 112 Å². The molecule has 0 fully saturated rings. The molecule has 3 aromatic carbocycles. The number of nitrogens with zero attached hydrogens (tertiary/aromatic N) is 4. The van der Waals surface area contributed by atoms with Crippen LogP contribution in [0.4, 0.5) is 20.4 Å². The fourth-order valence-corrected chi connectivity index (χ4v) is 4.42. The first-order chi connectivity index (χ1) is 19.3. The summed E-state index contributed by atoms with van der Waals surface area (Å²) in [5, 5.41) is 12.3. The number of aromatic nitrogens is 4. The maximum atomic E-state index is 15.0. The van der Waals surface area contributed by atoms with Crippen LogP contribution in [-0.2, 0) is 0 Å². The Kier molecular flexibility index (Phi) is 7.19. The molecule has 4 N–H and O–H groups in total. The third-order valence-corrected chi connectivity index (χ3v) is 6.30. The highest BCUT2D eigenvalue weighted by Crippen LogP contribution is 2.29. The first kappa shape index (κ1) is 26.4. The number of nitrogens with one attached hydrogen (secondary N) is 2. The zero-order chi connectivity index (χ0) is 28.4. The predicted molar refractivity (Wildman–Crippen MR) is 149 cm³/mol. The van der Waals surface area contributed by atoms with Crippen molar-refractivity contribution in [1.82, 2.24) is 19.5 Å². The fourth-order valence-electron chi connectivity index (χ4n) is 4.42. The molecule has 0 saturated heterocycles. The van der Waals surface area contributed by atoms with E-state index in [9.17, 15) is 13.6 Å². The van der Waals surface area contributed by atoms with Crippen molar-refractivity contribution >= 4 is 28.3 Å². The molecule has 0 aliphatic rings. The van der Waals surface area contributed by atoms with Crippen LogP contribution < -0.4 is 21.3 Å². The molecule has 5 rings (SSSR count). The molecule has 11 heteroatoms. The van der Waals surface area contributed by atoms with E-state index in [1.165, 1.54) is 23.0 Å². The van der Waals surface area contributed by atoms with Crippen LogP contribution in [0.3, 0.4) is 0 Å². The highest BCUT2D eigenvalue weighted by molar-refractivity contribution is 6.16. The molecule has 9 nitrogen and oxygen atoms in total. The summed E-state index contributed by atoms with van der Waals surface area (Å²) < 4.78 is 36.2. The van der Waals surface area contributed by atoms with Gasteiger partial charge in [0, 0.05) is 5.56 Å². The van der Waals surface area contributed by atoms with Crippen molar-refractivity contribution in [3.63, 3.8) is 0 Å². The van der Waals surface area contributed by atoms with Crippen LogP contribution in [0.5, 0.6) is 5.75 Å². The minimum Gasteiger partial charge on any atom is -0.491 e. The summed E-state index contributed by atoms with van der Waals surface area (Å²) in [5.74, 6) is -2.40. The lowest BCUT2D eigenvalue weighted by molar-refractivity contribution is 0.314. The number of nitrogen functional groups attached to an aromatic ring is 1. The largest absolute Gasteiger partial charge is 0.491 e. The molecule has 1 atom stereocenters. The van der Waals surface area contributed by atoms with Crippen molar-refractivity contribution < 1.29 is 13.5 Å². The summed E-state index contributed by atoms with van der Waals surface area (Å²) in [5.41, 5.74) is 6.16. The molecule has 40 heavy (non-hydrogen) atoms. The zero-order valence-corrected chi connectivity index (χ0v) is 21.7. The second-order valence-electron chi connectivity index (χ2n) is 8.86. The smallest absolute Gasteiger partial charge is 0.266 e.